The van der Waals surface area contributed by atoms with Crippen molar-refractivity contribution in [1.29, 1.82) is 0 Å². The van der Waals surface area contributed by atoms with Crippen LogP contribution in [0.4, 0.5) is 0 Å². The molecule has 3 aliphatic carbocycles. The molecular formula is C115H112N4O4+4. The number of aromatic nitrogens is 4. The topological polar surface area (TPSA) is 68.1 Å². The summed E-state index contributed by atoms with van der Waals surface area (Å²) >= 11 is 0. The zero-order chi connectivity index (χ0) is 90.0. The van der Waals surface area contributed by atoms with E-state index in [1.165, 1.54) is 72.4 Å². The third-order valence-electron chi connectivity index (χ3n) is 26.6. The predicted octanol–water partition coefficient (Wildman–Crippen LogP) is 29.3. The van der Waals surface area contributed by atoms with Crippen LogP contribution in [-0.4, -0.2) is 0 Å². The lowest BCUT2D eigenvalue weighted by Gasteiger charge is -2.21. The third-order valence-corrected chi connectivity index (χ3v) is 26.6. The van der Waals surface area contributed by atoms with Crippen molar-refractivity contribution in [2.45, 2.75) is 156 Å². The van der Waals surface area contributed by atoms with Gasteiger partial charge in [-0.2, -0.15) is 0 Å². The first-order valence-corrected chi connectivity index (χ1v) is 44.6. The zero-order valence-electron chi connectivity index (χ0n) is 79.5. The molecule has 8 aromatic heterocycles. The Morgan fingerprint density at radius 1 is 0.301 bits per heavy atom. The largest absolute Gasteiger partial charge is 0.456 e. The standard InChI is InChI=1S/C30H30NO.2C29H28NO.C27H26NO/c1-20-16-29-26(30-24-11-7-6-10-23(24)12-13-28(30)32-29)19-25(20)27-18-22(14-15-31(27)2)17-21-8-4-3-5-9-21;1-19-15-28-25(29-23-10-6-5-9-22(23)11-12-27(29)31-28)18-24(19)26-17-21(13-14-30(26)2)16-20-7-3-4-8-20;1-19-16-28-25(29-23-11-7-6-10-21(23)12-13-27(29)31-28)18-24(19)26-17-22(14-15-30(26)2)20-8-4-3-5-9-20;1-17(2)13-19-11-12-28(4)24(15-19)22-16-23-26(14-18(22)3)29-25-10-9-20-7-5-6-8-21(20)27(23)25/h6-7,10-16,18-19,21H,3-5,8-9,17H2,1-2H3;5-6,9-15,17-18,20H,3-4,7-8,16H2,1-2H3;6-7,10-18,20H,3-5,8-9H2,1-2H3;5-12,14-17H,13H2,1-4H3/q4*+1/i17D2;16D2;20D;13D2. The highest BCUT2D eigenvalue weighted by Gasteiger charge is 2.28. The van der Waals surface area contributed by atoms with Gasteiger partial charge >= 0.3 is 0 Å². The van der Waals surface area contributed by atoms with Crippen LogP contribution in [0.1, 0.15) is 164 Å². The van der Waals surface area contributed by atoms with Gasteiger partial charge in [0.15, 0.2) is 24.8 Å². The minimum Gasteiger partial charge on any atom is -0.456 e. The van der Waals surface area contributed by atoms with Crippen LogP contribution < -0.4 is 18.3 Å². The van der Waals surface area contributed by atoms with Gasteiger partial charge in [0.1, 0.15) is 72.9 Å². The summed E-state index contributed by atoms with van der Waals surface area (Å²) in [6.07, 6.45) is 19.2. The second kappa shape index (κ2) is 33.4. The van der Waals surface area contributed by atoms with E-state index in [1.54, 1.807) is 0 Å². The molecule has 0 spiro atoms. The van der Waals surface area contributed by atoms with Crippen molar-refractivity contribution in [3.8, 4) is 45.0 Å². The van der Waals surface area contributed by atoms with Gasteiger partial charge in [-0.05, 0) is 244 Å². The Bertz CT molecular complexity index is 7870. The molecule has 8 heterocycles. The number of rotatable bonds is 11. The van der Waals surface area contributed by atoms with Crippen molar-refractivity contribution in [2.75, 3.05) is 0 Å². The number of furan rings is 4. The van der Waals surface area contributed by atoms with Crippen molar-refractivity contribution in [3.63, 3.8) is 0 Å². The fourth-order valence-electron chi connectivity index (χ4n) is 20.1. The minimum absolute atomic E-state index is 0.0922. The maximum atomic E-state index is 9.13. The van der Waals surface area contributed by atoms with Crippen LogP contribution in [0.25, 0.3) is 176 Å². The number of fused-ring (bicyclic) bond motifs is 20. The molecule has 0 atom stereocenters. The molecule has 0 saturated heterocycles. The first-order chi connectivity index (χ1) is 62.7. The second-order valence-electron chi connectivity index (χ2n) is 35.4. The normalized spacial score (nSPS) is 15.8. The third kappa shape index (κ3) is 15.4. The van der Waals surface area contributed by atoms with Gasteiger partial charge in [-0.15, -0.1) is 0 Å². The first kappa shape index (κ1) is 71.1. The Hall–Kier alpha value is -12.5. The average Bonchev–Trinajstić information content (AvgIpc) is 1.59. The van der Waals surface area contributed by atoms with Crippen molar-refractivity contribution >= 4 is 131 Å². The summed E-state index contributed by atoms with van der Waals surface area (Å²) in [6.45, 7) is 12.3. The van der Waals surface area contributed by atoms with E-state index in [2.05, 4.69) is 272 Å². The van der Waals surface area contributed by atoms with Crippen LogP contribution in [0.5, 0.6) is 0 Å². The lowest BCUT2D eigenvalue weighted by atomic mass is 9.84. The molecule has 0 unspecified atom stereocenters. The van der Waals surface area contributed by atoms with Gasteiger partial charge in [0.25, 0.3) is 0 Å². The lowest BCUT2D eigenvalue weighted by Crippen LogP contribution is -2.31. The number of pyridine rings is 4. The molecule has 8 nitrogen and oxygen atoms in total. The van der Waals surface area contributed by atoms with Crippen LogP contribution in [0.15, 0.2) is 285 Å². The Morgan fingerprint density at radius 2 is 0.585 bits per heavy atom. The predicted molar refractivity (Wildman–Crippen MR) is 511 cm³/mol. The molecule has 0 N–H and O–H groups in total. The maximum absolute atomic E-state index is 9.13. The first-order valence-electron chi connectivity index (χ1n) is 48.1. The van der Waals surface area contributed by atoms with Crippen LogP contribution >= 0.6 is 0 Å². The highest BCUT2D eigenvalue weighted by atomic mass is 16.3. The summed E-state index contributed by atoms with van der Waals surface area (Å²) in [5, 5.41) is 18.7. The molecular weight excluding hydrogens is 1500 g/mol. The van der Waals surface area contributed by atoms with Crippen LogP contribution in [0.3, 0.4) is 0 Å². The number of hydrogen-bond donors (Lipinski definition) is 0. The van der Waals surface area contributed by atoms with E-state index in [9.17, 15) is 0 Å². The van der Waals surface area contributed by atoms with E-state index in [1.807, 2.05) is 83.9 Å². The minimum atomic E-state index is -1.39. The Balaban J connectivity index is 0.000000108. The maximum Gasteiger partial charge on any atom is 0.212 e. The molecule has 0 radical (unpaired) electrons. The quantitative estimate of drug-likeness (QED) is 0.121. The molecule has 3 aliphatic rings. The summed E-state index contributed by atoms with van der Waals surface area (Å²) in [4.78, 5) is 0. The van der Waals surface area contributed by atoms with Gasteiger partial charge in [0, 0.05) is 123 Å². The second-order valence-corrected chi connectivity index (χ2v) is 35.4. The molecule has 0 bridgehead atoms. The summed E-state index contributed by atoms with van der Waals surface area (Å²) in [5.41, 5.74) is 23.9. The molecule has 12 aromatic carbocycles. The number of nitrogens with zero attached hydrogens (tertiary/aromatic N) is 4. The van der Waals surface area contributed by atoms with Gasteiger partial charge in [-0.25, -0.2) is 18.3 Å². The van der Waals surface area contributed by atoms with Gasteiger partial charge in [0.2, 0.25) is 22.8 Å². The van der Waals surface area contributed by atoms with Gasteiger partial charge in [-0.1, -0.05) is 212 Å². The van der Waals surface area contributed by atoms with Crippen molar-refractivity contribution < 1.29 is 45.5 Å². The molecule has 23 rings (SSSR count). The number of benzene rings is 12. The monoisotopic (exact) mass is 1620 g/mol. The summed E-state index contributed by atoms with van der Waals surface area (Å²) in [7, 11) is 8.19. The van der Waals surface area contributed by atoms with Gasteiger partial charge in [0.05, 0.1) is 0 Å². The van der Waals surface area contributed by atoms with Crippen molar-refractivity contribution in [1.82, 2.24) is 0 Å². The smallest absolute Gasteiger partial charge is 0.212 e. The number of hydrogen-bond acceptors (Lipinski definition) is 4. The van der Waals surface area contributed by atoms with Crippen LogP contribution in [0, 0.1) is 45.4 Å². The van der Waals surface area contributed by atoms with Crippen molar-refractivity contribution in [2.24, 2.45) is 45.9 Å². The van der Waals surface area contributed by atoms with Crippen LogP contribution in [0.2, 0.25) is 0 Å². The van der Waals surface area contributed by atoms with E-state index < -0.39 is 25.0 Å². The SMILES string of the molecule is [2H]C([2H])(c1cc[n+](C)c(-c2cc3c(cc2C)oc2ccc4ccccc4c23)c1)C(C)C.[2H]C([2H])(c1cc[n+](C)c(-c2cc3c(cc2C)oc2ccc4ccccc4c23)c1)C1CCCC1.[2H]C([2H])(c1cc[n+](C)c(-c2cc3c(cc2C)oc2ccc4ccccc4c23)c1)C1CCCCC1.[2H]C1(c2cc[n+](C)c(-c3cc4c(cc3C)oc3ccc5ccccc5c34)c2)CCCCC1. The highest BCUT2D eigenvalue weighted by molar-refractivity contribution is 6.23. The van der Waals surface area contributed by atoms with Crippen LogP contribution in [-0.2, 0) is 47.3 Å². The van der Waals surface area contributed by atoms with E-state index in [0.29, 0.717) is 5.56 Å². The van der Waals surface area contributed by atoms with Crippen molar-refractivity contribution in [3.05, 3.63) is 312 Å². The fraction of sp³-hybridized carbons (Fsp3) is 0.270. The highest BCUT2D eigenvalue weighted by Crippen LogP contribution is 2.45. The summed E-state index contributed by atoms with van der Waals surface area (Å²) in [6, 6.07) is 84.3. The molecule has 612 valence electrons. The Morgan fingerprint density at radius 3 is 0.919 bits per heavy atom. The molecule has 3 fully saturated rings. The molecule has 123 heavy (non-hydrogen) atoms. The van der Waals surface area contributed by atoms with Gasteiger partial charge in [-0.3, -0.25) is 0 Å². The summed E-state index contributed by atoms with van der Waals surface area (Å²) < 4.78 is 95.4. The van der Waals surface area contributed by atoms with E-state index >= 15 is 0 Å². The van der Waals surface area contributed by atoms with E-state index in [0.717, 1.165) is 232 Å². The van der Waals surface area contributed by atoms with E-state index in [-0.39, 0.29) is 17.8 Å². The average molecular weight is 1620 g/mol. The fourth-order valence-corrected chi connectivity index (χ4v) is 20.1. The molecule has 0 aliphatic heterocycles. The Labute approximate surface area is 731 Å². The van der Waals surface area contributed by atoms with Gasteiger partial charge < -0.3 is 17.7 Å². The number of aryl methyl sites for hydroxylation is 8. The zero-order valence-corrected chi connectivity index (χ0v) is 72.5. The van der Waals surface area contributed by atoms with E-state index in [4.69, 9.17) is 27.3 Å². The molecule has 0 amide bonds. The molecule has 20 aromatic rings. The molecule has 3 saturated carbocycles. The molecule has 8 heteroatoms. The summed E-state index contributed by atoms with van der Waals surface area (Å²) in [5.74, 6) is -0.376. The lowest BCUT2D eigenvalue weighted by molar-refractivity contribution is -0.660. The Kier molecular flexibility index (Phi) is 19.3.